The lowest BCUT2D eigenvalue weighted by Crippen LogP contribution is -2.42. The third-order valence-corrected chi connectivity index (χ3v) is 5.10. The second-order valence-electron chi connectivity index (χ2n) is 5.23. The molecule has 2 aliphatic rings. The number of piperidine rings is 1. The zero-order valence-electron chi connectivity index (χ0n) is 10.6. The van der Waals surface area contributed by atoms with Crippen molar-refractivity contribution in [1.29, 1.82) is 0 Å². The van der Waals surface area contributed by atoms with Crippen molar-refractivity contribution in [2.45, 2.75) is 38.6 Å². The summed E-state index contributed by atoms with van der Waals surface area (Å²) in [5.74, 6) is 3.60. The SMILES string of the molecule is CCC1CCCN(CCC2CSCCN2)C1. The lowest BCUT2D eigenvalue weighted by molar-refractivity contribution is 0.166. The van der Waals surface area contributed by atoms with E-state index in [1.807, 2.05) is 0 Å². The molecule has 0 aromatic carbocycles. The van der Waals surface area contributed by atoms with E-state index < -0.39 is 0 Å². The Hall–Kier alpha value is 0.270. The molecule has 2 atom stereocenters. The van der Waals surface area contributed by atoms with Gasteiger partial charge in [-0.3, -0.25) is 0 Å². The molecule has 2 heterocycles. The van der Waals surface area contributed by atoms with E-state index in [-0.39, 0.29) is 0 Å². The lowest BCUT2D eigenvalue weighted by atomic mass is 9.95. The van der Waals surface area contributed by atoms with Gasteiger partial charge in [-0.15, -0.1) is 0 Å². The smallest absolute Gasteiger partial charge is 0.0170 e. The summed E-state index contributed by atoms with van der Waals surface area (Å²) in [6.45, 7) is 7.57. The topological polar surface area (TPSA) is 15.3 Å². The number of nitrogens with zero attached hydrogens (tertiary/aromatic N) is 1. The molecule has 2 aliphatic heterocycles. The molecule has 3 heteroatoms. The average molecular weight is 242 g/mol. The minimum absolute atomic E-state index is 0.778. The van der Waals surface area contributed by atoms with Crippen LogP contribution in [0.2, 0.25) is 0 Å². The van der Waals surface area contributed by atoms with Gasteiger partial charge in [0, 0.05) is 30.6 Å². The number of likely N-dealkylation sites (tertiary alicyclic amines) is 1. The quantitative estimate of drug-likeness (QED) is 0.814. The summed E-state index contributed by atoms with van der Waals surface area (Å²) in [6, 6.07) is 0.778. The van der Waals surface area contributed by atoms with Crippen LogP contribution in [0.15, 0.2) is 0 Å². The van der Waals surface area contributed by atoms with Gasteiger partial charge in [0.1, 0.15) is 0 Å². The van der Waals surface area contributed by atoms with Crippen molar-refractivity contribution in [2.75, 3.05) is 37.7 Å². The largest absolute Gasteiger partial charge is 0.312 e. The van der Waals surface area contributed by atoms with E-state index in [1.54, 1.807) is 0 Å². The molecule has 0 amide bonds. The van der Waals surface area contributed by atoms with Gasteiger partial charge >= 0.3 is 0 Å². The Morgan fingerprint density at radius 1 is 1.44 bits per heavy atom. The molecule has 2 rings (SSSR count). The van der Waals surface area contributed by atoms with E-state index in [0.717, 1.165) is 12.0 Å². The first-order valence-electron chi connectivity index (χ1n) is 6.92. The Morgan fingerprint density at radius 3 is 3.12 bits per heavy atom. The van der Waals surface area contributed by atoms with E-state index in [1.165, 1.54) is 63.4 Å². The molecule has 2 nitrogen and oxygen atoms in total. The van der Waals surface area contributed by atoms with E-state index >= 15 is 0 Å². The van der Waals surface area contributed by atoms with Crippen LogP contribution in [0.5, 0.6) is 0 Å². The van der Waals surface area contributed by atoms with Gasteiger partial charge in [0.2, 0.25) is 0 Å². The standard InChI is InChI=1S/C13H26N2S/c1-2-12-4-3-7-15(10-12)8-5-13-11-16-9-6-14-13/h12-14H,2-11H2,1H3. The van der Waals surface area contributed by atoms with Crippen molar-refractivity contribution in [3.63, 3.8) is 0 Å². The number of thioether (sulfide) groups is 1. The fourth-order valence-corrected chi connectivity index (χ4v) is 3.83. The van der Waals surface area contributed by atoms with E-state index in [0.29, 0.717) is 0 Å². The fourth-order valence-electron chi connectivity index (χ4n) is 2.83. The van der Waals surface area contributed by atoms with Gasteiger partial charge in [-0.25, -0.2) is 0 Å². The normalized spacial score (nSPS) is 32.8. The van der Waals surface area contributed by atoms with Crippen LogP contribution in [0.3, 0.4) is 0 Å². The van der Waals surface area contributed by atoms with Crippen molar-refractivity contribution < 1.29 is 0 Å². The molecule has 2 unspecified atom stereocenters. The summed E-state index contributed by atoms with van der Waals surface area (Å²) < 4.78 is 0. The van der Waals surface area contributed by atoms with Gasteiger partial charge in [-0.1, -0.05) is 13.3 Å². The maximum Gasteiger partial charge on any atom is 0.0170 e. The Balaban J connectivity index is 1.64. The van der Waals surface area contributed by atoms with Crippen LogP contribution in [-0.4, -0.2) is 48.6 Å². The number of nitrogens with one attached hydrogen (secondary N) is 1. The second-order valence-corrected chi connectivity index (χ2v) is 6.38. The lowest BCUT2D eigenvalue weighted by Gasteiger charge is -2.33. The van der Waals surface area contributed by atoms with Crippen LogP contribution in [0, 0.1) is 5.92 Å². The van der Waals surface area contributed by atoms with Crippen molar-refractivity contribution in [2.24, 2.45) is 5.92 Å². The van der Waals surface area contributed by atoms with Gasteiger partial charge in [-0.2, -0.15) is 11.8 Å². The molecule has 0 spiro atoms. The number of hydrogen-bond donors (Lipinski definition) is 1. The van der Waals surface area contributed by atoms with Crippen molar-refractivity contribution in [3.05, 3.63) is 0 Å². The molecule has 1 N–H and O–H groups in total. The Morgan fingerprint density at radius 2 is 2.38 bits per heavy atom. The molecule has 2 saturated heterocycles. The number of rotatable bonds is 4. The minimum atomic E-state index is 0.778. The highest BCUT2D eigenvalue weighted by atomic mass is 32.2. The summed E-state index contributed by atoms with van der Waals surface area (Å²) in [7, 11) is 0. The minimum Gasteiger partial charge on any atom is -0.312 e. The van der Waals surface area contributed by atoms with Gasteiger partial charge in [0.05, 0.1) is 0 Å². The summed E-state index contributed by atoms with van der Waals surface area (Å²) in [5, 5.41) is 3.64. The maximum absolute atomic E-state index is 3.64. The zero-order valence-corrected chi connectivity index (χ0v) is 11.4. The van der Waals surface area contributed by atoms with E-state index in [4.69, 9.17) is 0 Å². The van der Waals surface area contributed by atoms with Gasteiger partial charge in [0.25, 0.3) is 0 Å². The summed E-state index contributed by atoms with van der Waals surface area (Å²) in [6.07, 6.45) is 5.60. The van der Waals surface area contributed by atoms with Crippen molar-refractivity contribution in [3.8, 4) is 0 Å². The summed E-state index contributed by atoms with van der Waals surface area (Å²) in [5.41, 5.74) is 0. The molecular weight excluding hydrogens is 216 g/mol. The third-order valence-electron chi connectivity index (χ3n) is 3.97. The first-order valence-corrected chi connectivity index (χ1v) is 8.07. The fraction of sp³-hybridized carbons (Fsp3) is 1.00. The van der Waals surface area contributed by atoms with Gasteiger partial charge in [0.15, 0.2) is 0 Å². The van der Waals surface area contributed by atoms with E-state index in [9.17, 15) is 0 Å². The molecule has 16 heavy (non-hydrogen) atoms. The highest BCUT2D eigenvalue weighted by Gasteiger charge is 2.20. The monoisotopic (exact) mass is 242 g/mol. The van der Waals surface area contributed by atoms with Gasteiger partial charge in [-0.05, 0) is 38.3 Å². The maximum atomic E-state index is 3.64. The predicted molar refractivity (Wildman–Crippen MR) is 73.2 cm³/mol. The molecular formula is C13H26N2S. The van der Waals surface area contributed by atoms with Crippen LogP contribution < -0.4 is 5.32 Å². The second kappa shape index (κ2) is 6.87. The van der Waals surface area contributed by atoms with Crippen molar-refractivity contribution in [1.82, 2.24) is 10.2 Å². The molecule has 0 aliphatic carbocycles. The first-order chi connectivity index (χ1) is 7.88. The summed E-state index contributed by atoms with van der Waals surface area (Å²) >= 11 is 2.11. The third kappa shape index (κ3) is 3.94. The summed E-state index contributed by atoms with van der Waals surface area (Å²) in [4.78, 5) is 2.69. The highest BCUT2D eigenvalue weighted by Crippen LogP contribution is 2.20. The predicted octanol–water partition coefficient (Wildman–Crippen LogP) is 2.20. The van der Waals surface area contributed by atoms with Crippen LogP contribution in [-0.2, 0) is 0 Å². The van der Waals surface area contributed by atoms with Crippen LogP contribution >= 0.6 is 11.8 Å². The van der Waals surface area contributed by atoms with Crippen LogP contribution in [0.4, 0.5) is 0 Å². The molecule has 0 aromatic heterocycles. The van der Waals surface area contributed by atoms with Crippen LogP contribution in [0.25, 0.3) is 0 Å². The first kappa shape index (κ1) is 12.7. The molecule has 0 saturated carbocycles. The molecule has 0 aromatic rings. The van der Waals surface area contributed by atoms with Crippen LogP contribution in [0.1, 0.15) is 32.6 Å². The highest BCUT2D eigenvalue weighted by molar-refractivity contribution is 7.99. The number of hydrogen-bond acceptors (Lipinski definition) is 3. The van der Waals surface area contributed by atoms with E-state index in [2.05, 4.69) is 28.9 Å². The van der Waals surface area contributed by atoms with Crippen molar-refractivity contribution >= 4 is 11.8 Å². The Kier molecular flexibility index (Phi) is 5.46. The molecule has 94 valence electrons. The van der Waals surface area contributed by atoms with Gasteiger partial charge < -0.3 is 10.2 Å². The average Bonchev–Trinajstić information content (AvgIpc) is 2.38. The molecule has 2 fully saturated rings. The zero-order chi connectivity index (χ0) is 11.2. The Bertz CT molecular complexity index is 192. The molecule has 0 radical (unpaired) electrons. The Labute approximate surface area is 105 Å². The molecule has 0 bridgehead atoms.